The summed E-state index contributed by atoms with van der Waals surface area (Å²) in [6.45, 7) is 0. The van der Waals surface area contributed by atoms with Crippen molar-refractivity contribution >= 4 is 29.3 Å². The number of thioether (sulfide) groups is 1. The van der Waals surface area contributed by atoms with Gasteiger partial charge < -0.3 is 10.4 Å². The summed E-state index contributed by atoms with van der Waals surface area (Å²) in [6.07, 6.45) is 3.48. The Morgan fingerprint density at radius 1 is 1.30 bits per heavy atom. The van der Waals surface area contributed by atoms with Crippen molar-refractivity contribution in [3.63, 3.8) is 0 Å². The molecule has 0 bridgehead atoms. The Bertz CT molecular complexity index is 599. The average molecular weight is 291 g/mol. The van der Waals surface area contributed by atoms with Crippen LogP contribution in [0.3, 0.4) is 0 Å². The van der Waals surface area contributed by atoms with E-state index in [1.807, 2.05) is 24.4 Å². The van der Waals surface area contributed by atoms with E-state index >= 15 is 0 Å². The van der Waals surface area contributed by atoms with Gasteiger partial charge in [-0.2, -0.15) is 5.10 Å². The number of carboxylic acid groups (broad SMARTS) is 1. The number of carbonyl (C=O) groups is 2. The zero-order chi connectivity index (χ0) is 14.4. The van der Waals surface area contributed by atoms with Crippen molar-refractivity contribution in [1.82, 2.24) is 9.78 Å². The summed E-state index contributed by atoms with van der Waals surface area (Å²) in [5, 5.41) is 15.3. The fourth-order valence-electron chi connectivity index (χ4n) is 1.58. The lowest BCUT2D eigenvalue weighted by Crippen LogP contribution is -2.15. The second-order valence-corrected chi connectivity index (χ2v) is 4.92. The van der Waals surface area contributed by atoms with Crippen LogP contribution in [-0.4, -0.2) is 38.3 Å². The van der Waals surface area contributed by atoms with E-state index in [9.17, 15) is 9.59 Å². The van der Waals surface area contributed by atoms with E-state index < -0.39 is 5.97 Å². The largest absolute Gasteiger partial charge is 0.481 e. The van der Waals surface area contributed by atoms with Crippen LogP contribution in [0.25, 0.3) is 5.69 Å². The van der Waals surface area contributed by atoms with Gasteiger partial charge in [0.15, 0.2) is 0 Å². The third kappa shape index (κ3) is 4.13. The Kier molecular flexibility index (Phi) is 4.78. The Hall–Kier alpha value is -2.28. The summed E-state index contributed by atoms with van der Waals surface area (Å²) in [6, 6.07) is 9.08. The minimum atomic E-state index is -0.927. The average Bonchev–Trinajstić information content (AvgIpc) is 2.92. The molecule has 6 nitrogen and oxygen atoms in total. The predicted molar refractivity (Wildman–Crippen MR) is 77.2 cm³/mol. The topological polar surface area (TPSA) is 84.2 Å². The number of nitrogens with zero attached hydrogens (tertiary/aromatic N) is 2. The van der Waals surface area contributed by atoms with Crippen molar-refractivity contribution in [3.8, 4) is 5.69 Å². The molecule has 104 valence electrons. The zero-order valence-electron chi connectivity index (χ0n) is 10.5. The Morgan fingerprint density at radius 3 is 2.85 bits per heavy atom. The monoisotopic (exact) mass is 291 g/mol. The smallest absolute Gasteiger partial charge is 0.313 e. The minimum absolute atomic E-state index is 0.0826. The van der Waals surface area contributed by atoms with E-state index in [0.717, 1.165) is 17.4 Å². The zero-order valence-corrected chi connectivity index (χ0v) is 11.3. The molecular formula is C13H13N3O3S. The number of anilines is 1. The van der Waals surface area contributed by atoms with Gasteiger partial charge in [0.05, 0.1) is 17.2 Å². The summed E-state index contributed by atoms with van der Waals surface area (Å²) < 4.78 is 1.69. The third-order valence-corrected chi connectivity index (χ3v) is 3.27. The van der Waals surface area contributed by atoms with E-state index in [-0.39, 0.29) is 17.4 Å². The lowest BCUT2D eigenvalue weighted by Gasteiger charge is -2.07. The lowest BCUT2D eigenvalue weighted by atomic mass is 10.3. The lowest BCUT2D eigenvalue weighted by molar-refractivity contribution is -0.133. The molecule has 1 aromatic heterocycles. The Labute approximate surface area is 119 Å². The summed E-state index contributed by atoms with van der Waals surface area (Å²) in [5.41, 5.74) is 1.49. The molecule has 0 unspecified atom stereocenters. The molecule has 2 rings (SSSR count). The predicted octanol–water partition coefficient (Wildman–Crippen LogP) is 1.63. The Balaban J connectivity index is 1.94. The number of rotatable bonds is 6. The highest BCUT2D eigenvalue weighted by Crippen LogP contribution is 2.14. The number of hydrogen-bond donors (Lipinski definition) is 2. The maximum Gasteiger partial charge on any atom is 0.313 e. The molecule has 0 saturated carbocycles. The van der Waals surface area contributed by atoms with Crippen LogP contribution >= 0.6 is 11.8 Å². The fourth-order valence-corrected chi connectivity index (χ4v) is 2.11. The van der Waals surface area contributed by atoms with Crippen LogP contribution in [0.15, 0.2) is 42.7 Å². The molecule has 7 heteroatoms. The van der Waals surface area contributed by atoms with E-state index in [2.05, 4.69) is 10.4 Å². The van der Waals surface area contributed by atoms with Gasteiger partial charge in [-0.15, -0.1) is 11.8 Å². The van der Waals surface area contributed by atoms with Crippen molar-refractivity contribution in [1.29, 1.82) is 0 Å². The second kappa shape index (κ2) is 6.76. The van der Waals surface area contributed by atoms with E-state index in [1.54, 1.807) is 23.0 Å². The summed E-state index contributed by atoms with van der Waals surface area (Å²) >= 11 is 1.06. The number of carboxylic acids is 1. The van der Waals surface area contributed by atoms with Gasteiger partial charge >= 0.3 is 5.97 Å². The quantitative estimate of drug-likeness (QED) is 0.845. The summed E-state index contributed by atoms with van der Waals surface area (Å²) in [7, 11) is 0. The highest BCUT2D eigenvalue weighted by atomic mass is 32.2. The van der Waals surface area contributed by atoms with Crippen LogP contribution in [0.4, 0.5) is 5.69 Å². The molecule has 0 aliphatic rings. The third-order valence-electron chi connectivity index (χ3n) is 2.36. The first kappa shape index (κ1) is 14.1. The highest BCUT2D eigenvalue weighted by Gasteiger charge is 2.05. The first-order valence-electron chi connectivity index (χ1n) is 5.84. The van der Waals surface area contributed by atoms with Crippen LogP contribution in [0.5, 0.6) is 0 Å². The van der Waals surface area contributed by atoms with Gasteiger partial charge in [0.25, 0.3) is 0 Å². The molecule has 1 heterocycles. The fraction of sp³-hybridized carbons (Fsp3) is 0.154. The van der Waals surface area contributed by atoms with Crippen LogP contribution in [0.2, 0.25) is 0 Å². The normalized spacial score (nSPS) is 10.2. The number of aliphatic carboxylic acids is 1. The first-order valence-corrected chi connectivity index (χ1v) is 7.00. The molecule has 2 aromatic rings. The van der Waals surface area contributed by atoms with Crippen LogP contribution in [0, 0.1) is 0 Å². The standard InChI is InChI=1S/C13H13N3O3S/c17-12(8-20-9-13(18)19)15-10-3-1-4-11(7-10)16-6-2-5-14-16/h1-7H,8-9H2,(H,15,17)(H,18,19). The van der Waals surface area contributed by atoms with Crippen molar-refractivity contribution < 1.29 is 14.7 Å². The minimum Gasteiger partial charge on any atom is -0.481 e. The number of aromatic nitrogens is 2. The number of hydrogen-bond acceptors (Lipinski definition) is 4. The van der Waals surface area contributed by atoms with Crippen LogP contribution in [-0.2, 0) is 9.59 Å². The van der Waals surface area contributed by atoms with Gasteiger partial charge in [-0.25, -0.2) is 4.68 Å². The number of benzene rings is 1. The molecule has 20 heavy (non-hydrogen) atoms. The van der Waals surface area contributed by atoms with Gasteiger partial charge in [0, 0.05) is 18.1 Å². The van der Waals surface area contributed by atoms with Gasteiger partial charge in [-0.05, 0) is 24.3 Å². The second-order valence-electron chi connectivity index (χ2n) is 3.94. The number of amides is 1. The van der Waals surface area contributed by atoms with Crippen LogP contribution in [0.1, 0.15) is 0 Å². The van der Waals surface area contributed by atoms with Gasteiger partial charge in [-0.3, -0.25) is 9.59 Å². The van der Waals surface area contributed by atoms with Crippen molar-refractivity contribution in [2.75, 3.05) is 16.8 Å². The molecule has 0 saturated heterocycles. The van der Waals surface area contributed by atoms with Crippen LogP contribution < -0.4 is 5.32 Å². The van der Waals surface area contributed by atoms with Gasteiger partial charge in [0.1, 0.15) is 0 Å². The molecule has 0 atom stereocenters. The number of carbonyl (C=O) groups excluding carboxylic acids is 1. The molecular weight excluding hydrogens is 278 g/mol. The molecule has 0 aliphatic heterocycles. The number of nitrogens with one attached hydrogen (secondary N) is 1. The van der Waals surface area contributed by atoms with Crippen molar-refractivity contribution in [2.24, 2.45) is 0 Å². The Morgan fingerprint density at radius 2 is 2.15 bits per heavy atom. The maximum atomic E-state index is 11.6. The van der Waals surface area contributed by atoms with E-state index in [0.29, 0.717) is 5.69 Å². The molecule has 2 N–H and O–H groups in total. The molecule has 0 radical (unpaired) electrons. The van der Waals surface area contributed by atoms with Crippen molar-refractivity contribution in [3.05, 3.63) is 42.7 Å². The van der Waals surface area contributed by atoms with Gasteiger partial charge in [0.2, 0.25) is 5.91 Å². The van der Waals surface area contributed by atoms with E-state index in [4.69, 9.17) is 5.11 Å². The molecule has 0 spiro atoms. The SMILES string of the molecule is O=C(O)CSCC(=O)Nc1cccc(-n2cccn2)c1. The summed E-state index contributed by atoms with van der Waals surface area (Å²) in [5.74, 6) is -1.13. The van der Waals surface area contributed by atoms with Gasteiger partial charge in [-0.1, -0.05) is 6.07 Å². The van der Waals surface area contributed by atoms with Crippen molar-refractivity contribution in [2.45, 2.75) is 0 Å². The molecule has 1 aromatic carbocycles. The van der Waals surface area contributed by atoms with E-state index in [1.165, 1.54) is 0 Å². The maximum absolute atomic E-state index is 11.6. The molecule has 0 aliphatic carbocycles. The highest BCUT2D eigenvalue weighted by molar-refractivity contribution is 8.00. The molecule has 1 amide bonds. The summed E-state index contributed by atoms with van der Waals surface area (Å²) in [4.78, 5) is 22.0. The molecule has 0 fully saturated rings. The first-order chi connectivity index (χ1) is 9.65.